The minimum atomic E-state index is -5.75. The molecule has 0 aromatic carbocycles. The van der Waals surface area contributed by atoms with E-state index >= 15 is 0 Å². The summed E-state index contributed by atoms with van der Waals surface area (Å²) in [6.45, 7) is 1.25. The van der Waals surface area contributed by atoms with Crippen LogP contribution in [0.25, 0.3) is 0 Å². The SMILES string of the molecule is CCOC(=O)NC(=S)Nc1nc(C)ccc1OCC(F)(F)C(F)(F)F. The van der Waals surface area contributed by atoms with Crippen LogP contribution in [0.3, 0.4) is 0 Å². The van der Waals surface area contributed by atoms with Gasteiger partial charge in [-0.1, -0.05) is 0 Å². The molecule has 0 saturated heterocycles. The maximum Gasteiger partial charge on any atom is 0.456 e. The fourth-order valence-electron chi connectivity index (χ4n) is 1.40. The van der Waals surface area contributed by atoms with Gasteiger partial charge < -0.3 is 14.8 Å². The summed E-state index contributed by atoms with van der Waals surface area (Å²) in [7, 11) is 0. The van der Waals surface area contributed by atoms with Crippen LogP contribution >= 0.6 is 12.2 Å². The molecule has 1 aromatic rings. The Morgan fingerprint density at radius 3 is 2.48 bits per heavy atom. The highest BCUT2D eigenvalue weighted by molar-refractivity contribution is 7.80. The number of aryl methyl sites for hydroxylation is 1. The first kappa shape index (κ1) is 20.8. The Morgan fingerprint density at radius 2 is 1.92 bits per heavy atom. The number of carbonyl (C=O) groups excluding carboxylic acids is 1. The van der Waals surface area contributed by atoms with Crippen LogP contribution in [0.5, 0.6) is 5.75 Å². The number of hydrogen-bond acceptors (Lipinski definition) is 5. The number of pyridine rings is 1. The molecule has 0 spiro atoms. The van der Waals surface area contributed by atoms with Gasteiger partial charge in [-0.15, -0.1) is 0 Å². The Kier molecular flexibility index (Phi) is 6.85. The molecule has 140 valence electrons. The fourth-order valence-corrected chi connectivity index (χ4v) is 1.58. The second-order valence-corrected chi connectivity index (χ2v) is 5.00. The van der Waals surface area contributed by atoms with Crippen LogP contribution in [0, 0.1) is 6.92 Å². The van der Waals surface area contributed by atoms with Gasteiger partial charge in [0.1, 0.15) is 0 Å². The van der Waals surface area contributed by atoms with Crippen LogP contribution in [0.15, 0.2) is 12.1 Å². The molecular formula is C13H14F5N3O3S. The minimum absolute atomic E-state index is 0.0814. The molecule has 0 atom stereocenters. The molecule has 2 N–H and O–H groups in total. The first-order valence-corrected chi connectivity index (χ1v) is 7.17. The summed E-state index contributed by atoms with van der Waals surface area (Å²) in [4.78, 5) is 15.1. The van der Waals surface area contributed by atoms with Gasteiger partial charge in [0, 0.05) is 5.69 Å². The van der Waals surface area contributed by atoms with Gasteiger partial charge in [0.05, 0.1) is 6.61 Å². The maximum absolute atomic E-state index is 13.0. The molecule has 1 rings (SSSR count). The Morgan fingerprint density at radius 1 is 1.28 bits per heavy atom. The monoisotopic (exact) mass is 387 g/mol. The topological polar surface area (TPSA) is 72.5 Å². The molecule has 1 heterocycles. The van der Waals surface area contributed by atoms with Crippen molar-refractivity contribution in [2.75, 3.05) is 18.5 Å². The molecule has 6 nitrogen and oxygen atoms in total. The van der Waals surface area contributed by atoms with Crippen molar-refractivity contribution >= 4 is 29.2 Å². The second kappa shape index (κ2) is 8.23. The van der Waals surface area contributed by atoms with Crippen LogP contribution in [0.4, 0.5) is 32.6 Å². The third kappa shape index (κ3) is 6.29. The average Bonchev–Trinajstić information content (AvgIpc) is 2.45. The Hall–Kier alpha value is -2.24. The zero-order valence-electron chi connectivity index (χ0n) is 13.0. The Labute approximate surface area is 144 Å². The number of aromatic nitrogens is 1. The number of hydrogen-bond donors (Lipinski definition) is 2. The number of halogens is 5. The molecule has 0 aliphatic heterocycles. The normalized spacial score (nSPS) is 11.6. The van der Waals surface area contributed by atoms with Crippen LogP contribution in [-0.2, 0) is 4.74 Å². The van der Waals surface area contributed by atoms with Crippen molar-refractivity contribution < 1.29 is 36.2 Å². The van der Waals surface area contributed by atoms with Crippen molar-refractivity contribution in [3.8, 4) is 5.75 Å². The van der Waals surface area contributed by atoms with Gasteiger partial charge in [0.25, 0.3) is 0 Å². The number of nitrogens with one attached hydrogen (secondary N) is 2. The summed E-state index contributed by atoms with van der Waals surface area (Å²) in [6, 6.07) is 2.48. The fraction of sp³-hybridized carbons (Fsp3) is 0.462. The lowest BCUT2D eigenvalue weighted by Crippen LogP contribution is -2.42. The molecule has 12 heteroatoms. The van der Waals surface area contributed by atoms with Crippen LogP contribution < -0.4 is 15.4 Å². The zero-order valence-corrected chi connectivity index (χ0v) is 13.9. The van der Waals surface area contributed by atoms with Crippen LogP contribution in [0.1, 0.15) is 12.6 Å². The van der Waals surface area contributed by atoms with E-state index in [0.717, 1.165) is 6.07 Å². The van der Waals surface area contributed by atoms with Gasteiger partial charge >= 0.3 is 18.2 Å². The smallest absolute Gasteiger partial charge is 0.456 e. The summed E-state index contributed by atoms with van der Waals surface area (Å²) in [6.07, 6.45) is -6.63. The molecule has 0 saturated carbocycles. The summed E-state index contributed by atoms with van der Waals surface area (Å²) < 4.78 is 71.6. The molecule has 0 aliphatic rings. The van der Waals surface area contributed by atoms with E-state index in [1.807, 2.05) is 0 Å². The van der Waals surface area contributed by atoms with Gasteiger partial charge in [-0.25, -0.2) is 9.78 Å². The predicted molar refractivity (Wildman–Crippen MR) is 81.8 cm³/mol. The van der Waals surface area contributed by atoms with Crippen LogP contribution in [-0.4, -0.2) is 41.5 Å². The number of alkyl carbamates (subject to hydrolysis) is 1. The highest BCUT2D eigenvalue weighted by atomic mass is 32.1. The predicted octanol–water partition coefficient (Wildman–Crippen LogP) is 3.41. The van der Waals surface area contributed by atoms with Gasteiger partial charge in [0.15, 0.2) is 23.3 Å². The zero-order chi connectivity index (χ0) is 19.3. The minimum Gasteiger partial charge on any atom is -0.483 e. The second-order valence-electron chi connectivity index (χ2n) is 4.59. The number of ether oxygens (including phenoxy) is 2. The number of thiocarbonyl (C=S) groups is 1. The molecule has 0 radical (unpaired) electrons. The van der Waals surface area contributed by atoms with E-state index in [2.05, 4.69) is 25.1 Å². The van der Waals surface area contributed by atoms with E-state index < -0.39 is 30.5 Å². The average molecular weight is 387 g/mol. The van der Waals surface area contributed by atoms with Crippen molar-refractivity contribution in [1.82, 2.24) is 10.3 Å². The number of nitrogens with zero attached hydrogens (tertiary/aromatic N) is 1. The van der Waals surface area contributed by atoms with Crippen LogP contribution in [0.2, 0.25) is 0 Å². The van der Waals surface area contributed by atoms with Crippen molar-refractivity contribution in [2.24, 2.45) is 0 Å². The van der Waals surface area contributed by atoms with Gasteiger partial charge in [-0.05, 0) is 38.2 Å². The van der Waals surface area contributed by atoms with Gasteiger partial charge in [-0.2, -0.15) is 22.0 Å². The maximum atomic E-state index is 13.0. The first-order chi connectivity index (χ1) is 11.5. The van der Waals surface area contributed by atoms with E-state index in [4.69, 9.17) is 12.2 Å². The van der Waals surface area contributed by atoms with Crippen molar-refractivity contribution in [1.29, 1.82) is 0 Å². The van der Waals surface area contributed by atoms with E-state index in [-0.39, 0.29) is 17.5 Å². The lowest BCUT2D eigenvalue weighted by Gasteiger charge is -2.21. The highest BCUT2D eigenvalue weighted by Crippen LogP contribution is 2.36. The Balaban J connectivity index is 2.86. The lowest BCUT2D eigenvalue weighted by atomic mass is 10.3. The largest absolute Gasteiger partial charge is 0.483 e. The summed E-state index contributed by atoms with van der Waals surface area (Å²) in [5.74, 6) is -5.68. The molecule has 0 bridgehead atoms. The molecule has 0 fully saturated rings. The highest BCUT2D eigenvalue weighted by Gasteiger charge is 2.58. The van der Waals surface area contributed by atoms with Crippen molar-refractivity contribution in [3.05, 3.63) is 17.8 Å². The standard InChI is InChI=1S/C13H14F5N3O3S/c1-3-23-11(22)21-10(25)20-9-8(5-4-7(2)19-9)24-6-12(14,15)13(16,17)18/h4-5H,3,6H2,1-2H3,(H2,19,20,21,22,25). The van der Waals surface area contributed by atoms with E-state index in [9.17, 15) is 26.7 Å². The third-order valence-electron chi connectivity index (χ3n) is 2.54. The van der Waals surface area contributed by atoms with E-state index in [1.54, 1.807) is 13.8 Å². The quantitative estimate of drug-likeness (QED) is 0.596. The molecule has 1 aromatic heterocycles. The van der Waals surface area contributed by atoms with E-state index in [1.165, 1.54) is 6.07 Å². The number of carbonyl (C=O) groups is 1. The summed E-state index contributed by atoms with van der Waals surface area (Å²) in [5, 5.41) is 4.18. The lowest BCUT2D eigenvalue weighted by molar-refractivity contribution is -0.289. The third-order valence-corrected chi connectivity index (χ3v) is 2.75. The molecular weight excluding hydrogens is 373 g/mol. The number of rotatable bonds is 5. The molecule has 25 heavy (non-hydrogen) atoms. The number of amides is 1. The Bertz CT molecular complexity index is 640. The van der Waals surface area contributed by atoms with E-state index in [0.29, 0.717) is 5.69 Å². The van der Waals surface area contributed by atoms with Gasteiger partial charge in [0.2, 0.25) is 0 Å². The summed E-state index contributed by atoms with van der Waals surface area (Å²) in [5.41, 5.74) is 0.399. The first-order valence-electron chi connectivity index (χ1n) is 6.76. The van der Waals surface area contributed by atoms with Crippen molar-refractivity contribution in [3.63, 3.8) is 0 Å². The summed E-state index contributed by atoms with van der Waals surface area (Å²) >= 11 is 4.80. The van der Waals surface area contributed by atoms with Gasteiger partial charge in [-0.3, -0.25) is 5.32 Å². The molecule has 0 unspecified atom stereocenters. The number of anilines is 1. The molecule has 1 amide bonds. The number of alkyl halides is 5. The molecule has 0 aliphatic carbocycles. The van der Waals surface area contributed by atoms with Crippen molar-refractivity contribution in [2.45, 2.75) is 25.9 Å².